The highest BCUT2D eigenvalue weighted by molar-refractivity contribution is 14.0. The number of guanidine groups is 1. The smallest absolute Gasteiger partial charge is 0.193 e. The van der Waals surface area contributed by atoms with Gasteiger partial charge in [0.1, 0.15) is 0 Å². The highest BCUT2D eigenvalue weighted by atomic mass is 127. The average molecular weight is 427 g/mol. The van der Waals surface area contributed by atoms with E-state index in [1.165, 1.54) is 5.56 Å². The fraction of sp³-hybridized carbons (Fsp3) is 0.412. The second-order valence-electron chi connectivity index (χ2n) is 5.48. The number of aliphatic imine (C=N–C) groups is 1. The van der Waals surface area contributed by atoms with Gasteiger partial charge in [0.15, 0.2) is 5.96 Å². The first-order valence-corrected chi connectivity index (χ1v) is 7.81. The van der Waals surface area contributed by atoms with E-state index < -0.39 is 0 Å². The van der Waals surface area contributed by atoms with E-state index in [1.807, 2.05) is 17.1 Å². The predicted octanol–water partition coefficient (Wildman–Crippen LogP) is 3.83. The van der Waals surface area contributed by atoms with Gasteiger partial charge in [0.05, 0.1) is 6.33 Å². The molecule has 2 rings (SSSR count). The van der Waals surface area contributed by atoms with Crippen LogP contribution in [0.3, 0.4) is 0 Å². The van der Waals surface area contributed by atoms with Gasteiger partial charge in [-0.05, 0) is 36.5 Å². The van der Waals surface area contributed by atoms with Gasteiger partial charge in [0, 0.05) is 31.2 Å². The van der Waals surface area contributed by atoms with Crippen molar-refractivity contribution in [1.82, 2.24) is 9.55 Å². The lowest BCUT2D eigenvalue weighted by Gasteiger charge is -2.10. The number of nitrogens with zero attached hydrogens (tertiary/aromatic N) is 3. The highest BCUT2D eigenvalue weighted by Crippen LogP contribution is 2.20. The van der Waals surface area contributed by atoms with Crippen molar-refractivity contribution in [3.05, 3.63) is 48.5 Å². The summed E-state index contributed by atoms with van der Waals surface area (Å²) in [6.45, 7) is 6.03. The van der Waals surface area contributed by atoms with Crippen LogP contribution in [-0.4, -0.2) is 22.1 Å². The Morgan fingerprint density at radius 3 is 2.70 bits per heavy atom. The van der Waals surface area contributed by atoms with Gasteiger partial charge in [-0.1, -0.05) is 26.0 Å². The molecule has 0 fully saturated rings. The molecule has 0 aliphatic heterocycles. The van der Waals surface area contributed by atoms with Crippen molar-refractivity contribution < 1.29 is 0 Å². The van der Waals surface area contributed by atoms with Gasteiger partial charge < -0.3 is 15.6 Å². The van der Waals surface area contributed by atoms with Gasteiger partial charge in [0.2, 0.25) is 0 Å². The van der Waals surface area contributed by atoms with Gasteiger partial charge in [-0.3, -0.25) is 4.99 Å². The van der Waals surface area contributed by atoms with Crippen molar-refractivity contribution in [3.8, 4) is 0 Å². The maximum Gasteiger partial charge on any atom is 0.193 e. The van der Waals surface area contributed by atoms with Gasteiger partial charge in [-0.15, -0.1) is 24.0 Å². The molecule has 0 radical (unpaired) electrons. The first kappa shape index (κ1) is 19.5. The topological polar surface area (TPSA) is 68.2 Å². The Morgan fingerprint density at radius 1 is 1.35 bits per heavy atom. The number of imidazole rings is 1. The summed E-state index contributed by atoms with van der Waals surface area (Å²) < 4.78 is 2.03. The Kier molecular flexibility index (Phi) is 8.68. The lowest BCUT2D eigenvalue weighted by atomic mass is 9.99. The van der Waals surface area contributed by atoms with Crippen molar-refractivity contribution in [3.63, 3.8) is 0 Å². The third kappa shape index (κ3) is 6.60. The van der Waals surface area contributed by atoms with Crippen molar-refractivity contribution in [2.45, 2.75) is 39.2 Å². The molecule has 2 aromatic rings. The second kappa shape index (κ2) is 10.3. The molecular formula is C17H26IN5. The Hall–Kier alpha value is -1.57. The van der Waals surface area contributed by atoms with Crippen molar-refractivity contribution >= 4 is 35.6 Å². The van der Waals surface area contributed by atoms with Crippen molar-refractivity contribution in [1.29, 1.82) is 0 Å². The second-order valence-corrected chi connectivity index (χ2v) is 5.48. The molecule has 1 aromatic heterocycles. The van der Waals surface area contributed by atoms with E-state index in [0.29, 0.717) is 18.4 Å². The summed E-state index contributed by atoms with van der Waals surface area (Å²) >= 11 is 0. The number of nitrogens with one attached hydrogen (secondary N) is 1. The standard InChI is InChI=1S/C17H25N5.HI/c1-3-14(2)15-5-7-16(8-6-15)21-17(18)20-9-4-11-22-12-10-19-13-22;/h5-8,10,12-14H,3-4,9,11H2,1-2H3,(H3,18,20,21);1H. The summed E-state index contributed by atoms with van der Waals surface area (Å²) in [5, 5.41) is 3.13. The zero-order chi connectivity index (χ0) is 15.8. The lowest BCUT2D eigenvalue weighted by Crippen LogP contribution is -2.23. The van der Waals surface area contributed by atoms with E-state index in [2.05, 4.69) is 53.4 Å². The summed E-state index contributed by atoms with van der Waals surface area (Å²) in [7, 11) is 0. The van der Waals surface area contributed by atoms with Gasteiger partial charge in [-0.2, -0.15) is 0 Å². The van der Waals surface area contributed by atoms with Crippen molar-refractivity contribution in [2.75, 3.05) is 11.9 Å². The number of rotatable bonds is 7. The van der Waals surface area contributed by atoms with E-state index >= 15 is 0 Å². The normalized spacial score (nSPS) is 12.5. The molecule has 1 aromatic carbocycles. The molecule has 0 spiro atoms. The number of aromatic nitrogens is 2. The average Bonchev–Trinajstić information content (AvgIpc) is 3.05. The fourth-order valence-corrected chi connectivity index (χ4v) is 2.19. The molecule has 5 nitrogen and oxygen atoms in total. The van der Waals surface area contributed by atoms with E-state index in [-0.39, 0.29) is 24.0 Å². The molecule has 6 heteroatoms. The van der Waals surface area contributed by atoms with Crippen molar-refractivity contribution in [2.24, 2.45) is 10.7 Å². The van der Waals surface area contributed by atoms with E-state index in [1.54, 1.807) is 6.20 Å². The third-order valence-electron chi connectivity index (χ3n) is 3.78. The Bertz CT molecular complexity index is 578. The van der Waals surface area contributed by atoms with Crippen LogP contribution < -0.4 is 11.1 Å². The summed E-state index contributed by atoms with van der Waals surface area (Å²) in [5.74, 6) is 1.05. The molecular weight excluding hydrogens is 401 g/mol. The van der Waals surface area contributed by atoms with E-state index in [0.717, 1.165) is 25.1 Å². The molecule has 3 N–H and O–H groups in total. The maximum atomic E-state index is 5.91. The summed E-state index contributed by atoms with van der Waals surface area (Å²) in [6, 6.07) is 8.39. The zero-order valence-electron chi connectivity index (χ0n) is 13.8. The minimum atomic E-state index is 0. The van der Waals surface area contributed by atoms with Crippen LogP contribution >= 0.6 is 24.0 Å². The minimum absolute atomic E-state index is 0. The Morgan fingerprint density at radius 2 is 2.09 bits per heavy atom. The third-order valence-corrected chi connectivity index (χ3v) is 3.78. The molecule has 126 valence electrons. The number of benzene rings is 1. The summed E-state index contributed by atoms with van der Waals surface area (Å²) in [6.07, 6.45) is 7.62. The number of halogens is 1. The fourth-order valence-electron chi connectivity index (χ4n) is 2.19. The van der Waals surface area contributed by atoms with Crippen LogP contribution in [0.15, 0.2) is 48.0 Å². The van der Waals surface area contributed by atoms with Gasteiger partial charge in [0.25, 0.3) is 0 Å². The number of nitrogens with two attached hydrogens (primary N) is 1. The predicted molar refractivity (Wildman–Crippen MR) is 108 cm³/mol. The Balaban J connectivity index is 0.00000264. The maximum absolute atomic E-state index is 5.91. The molecule has 0 saturated heterocycles. The molecule has 1 heterocycles. The minimum Gasteiger partial charge on any atom is -0.370 e. The first-order chi connectivity index (χ1) is 10.7. The van der Waals surface area contributed by atoms with Crippen LogP contribution in [-0.2, 0) is 6.54 Å². The molecule has 0 amide bonds. The van der Waals surface area contributed by atoms with Crippen LogP contribution in [0.1, 0.15) is 38.2 Å². The lowest BCUT2D eigenvalue weighted by molar-refractivity contribution is 0.650. The largest absolute Gasteiger partial charge is 0.370 e. The molecule has 1 atom stereocenters. The number of hydrogen-bond donors (Lipinski definition) is 2. The SMILES string of the molecule is CCC(C)c1ccc(NC(N)=NCCCn2ccnc2)cc1.I. The van der Waals surface area contributed by atoms with Crippen LogP contribution in [0, 0.1) is 0 Å². The van der Waals surface area contributed by atoms with Crippen LogP contribution in [0.5, 0.6) is 0 Å². The van der Waals surface area contributed by atoms with Gasteiger partial charge in [-0.25, -0.2) is 4.98 Å². The number of hydrogen-bond acceptors (Lipinski definition) is 2. The molecule has 0 saturated carbocycles. The quantitative estimate of drug-likeness (QED) is 0.306. The summed E-state index contributed by atoms with van der Waals surface area (Å²) in [4.78, 5) is 8.35. The van der Waals surface area contributed by atoms with E-state index in [9.17, 15) is 0 Å². The number of aryl methyl sites for hydroxylation is 1. The Labute approximate surface area is 155 Å². The van der Waals surface area contributed by atoms with E-state index in [4.69, 9.17) is 5.73 Å². The van der Waals surface area contributed by atoms with Crippen LogP contribution in [0.2, 0.25) is 0 Å². The van der Waals surface area contributed by atoms with Crippen LogP contribution in [0.4, 0.5) is 5.69 Å². The summed E-state index contributed by atoms with van der Waals surface area (Å²) in [5.41, 5.74) is 8.23. The molecule has 1 unspecified atom stereocenters. The molecule has 0 aliphatic carbocycles. The molecule has 0 aliphatic rings. The first-order valence-electron chi connectivity index (χ1n) is 7.81. The van der Waals surface area contributed by atoms with Gasteiger partial charge >= 0.3 is 0 Å². The zero-order valence-corrected chi connectivity index (χ0v) is 16.1. The van der Waals surface area contributed by atoms with Crippen LogP contribution in [0.25, 0.3) is 0 Å². The monoisotopic (exact) mass is 427 g/mol. The highest BCUT2D eigenvalue weighted by Gasteiger charge is 2.02. The molecule has 0 bridgehead atoms. The molecule has 23 heavy (non-hydrogen) atoms. The number of anilines is 1.